The van der Waals surface area contributed by atoms with Gasteiger partial charge in [0.1, 0.15) is 0 Å². The highest BCUT2D eigenvalue weighted by Crippen LogP contribution is 2.31. The Morgan fingerprint density at radius 3 is 2.59 bits per heavy atom. The van der Waals surface area contributed by atoms with E-state index in [1.165, 1.54) is 6.07 Å². The second-order valence-electron chi connectivity index (χ2n) is 3.49. The molecule has 0 aliphatic carbocycles. The maximum Gasteiger partial charge on any atom is 0.416 e. The minimum Gasteiger partial charge on any atom is -0.383 e. The molecule has 6 heteroatoms. The molecule has 0 aromatic heterocycles. The molecule has 0 aliphatic rings. The van der Waals surface area contributed by atoms with Crippen LogP contribution in [-0.4, -0.2) is 20.3 Å². The normalized spacial score (nSPS) is 11.6. The zero-order valence-electron chi connectivity index (χ0n) is 9.47. The number of halogens is 3. The predicted octanol–water partition coefficient (Wildman–Crippen LogP) is 2.22. The van der Waals surface area contributed by atoms with Crippen molar-refractivity contribution >= 4 is 5.69 Å². The van der Waals surface area contributed by atoms with Crippen molar-refractivity contribution in [1.29, 1.82) is 0 Å². The Bertz CT molecular complexity index is 366. The number of benzene rings is 1. The molecule has 0 radical (unpaired) electrons. The van der Waals surface area contributed by atoms with Gasteiger partial charge in [0.05, 0.1) is 12.2 Å². The van der Waals surface area contributed by atoms with Crippen LogP contribution in [0.3, 0.4) is 0 Å². The van der Waals surface area contributed by atoms with Crippen LogP contribution in [0.25, 0.3) is 0 Å². The second-order valence-corrected chi connectivity index (χ2v) is 3.49. The van der Waals surface area contributed by atoms with Gasteiger partial charge in [-0.2, -0.15) is 13.2 Å². The lowest BCUT2D eigenvalue weighted by atomic mass is 10.1. The van der Waals surface area contributed by atoms with E-state index in [9.17, 15) is 13.2 Å². The monoisotopic (exact) mass is 248 g/mol. The summed E-state index contributed by atoms with van der Waals surface area (Å²) in [7, 11) is 1.55. The molecule has 0 amide bonds. The minimum absolute atomic E-state index is 0.0548. The van der Waals surface area contributed by atoms with Crippen molar-refractivity contribution in [2.45, 2.75) is 12.7 Å². The van der Waals surface area contributed by atoms with E-state index in [0.717, 1.165) is 12.1 Å². The number of methoxy groups -OCH3 is 1. The first kappa shape index (κ1) is 13.8. The van der Waals surface area contributed by atoms with E-state index >= 15 is 0 Å². The number of alkyl halides is 3. The molecule has 1 rings (SSSR count). The van der Waals surface area contributed by atoms with Crippen LogP contribution in [0.15, 0.2) is 18.2 Å². The van der Waals surface area contributed by atoms with Gasteiger partial charge in [0.2, 0.25) is 0 Å². The molecule has 0 saturated heterocycles. The fourth-order valence-corrected chi connectivity index (χ4v) is 1.40. The summed E-state index contributed by atoms with van der Waals surface area (Å²) in [5.74, 6) is 0. The summed E-state index contributed by atoms with van der Waals surface area (Å²) < 4.78 is 42.2. The zero-order chi connectivity index (χ0) is 12.9. The molecule has 1 aromatic carbocycles. The highest BCUT2D eigenvalue weighted by atomic mass is 19.4. The van der Waals surface area contributed by atoms with Crippen LogP contribution in [0.1, 0.15) is 11.1 Å². The third-order valence-electron chi connectivity index (χ3n) is 2.27. The van der Waals surface area contributed by atoms with Gasteiger partial charge in [0.15, 0.2) is 0 Å². The number of hydrogen-bond acceptors (Lipinski definition) is 3. The molecule has 0 bridgehead atoms. The summed E-state index contributed by atoms with van der Waals surface area (Å²) in [6.07, 6.45) is -4.34. The molecule has 3 N–H and O–H groups in total. The summed E-state index contributed by atoms with van der Waals surface area (Å²) in [6.45, 7) is 1.05. The number of hydrogen-bond donors (Lipinski definition) is 2. The molecule has 0 saturated carbocycles. The van der Waals surface area contributed by atoms with Gasteiger partial charge in [-0.05, 0) is 23.8 Å². The predicted molar refractivity (Wildman–Crippen MR) is 59.7 cm³/mol. The molecule has 0 unspecified atom stereocenters. The van der Waals surface area contributed by atoms with Crippen molar-refractivity contribution in [2.75, 3.05) is 25.6 Å². The lowest BCUT2D eigenvalue weighted by Crippen LogP contribution is -2.13. The van der Waals surface area contributed by atoms with E-state index < -0.39 is 11.7 Å². The maximum atomic E-state index is 12.5. The molecular formula is C11H15F3N2O. The lowest BCUT2D eigenvalue weighted by Gasteiger charge is -2.13. The highest BCUT2D eigenvalue weighted by Gasteiger charge is 2.30. The van der Waals surface area contributed by atoms with Crippen LogP contribution in [-0.2, 0) is 17.5 Å². The van der Waals surface area contributed by atoms with Crippen molar-refractivity contribution in [2.24, 2.45) is 5.73 Å². The van der Waals surface area contributed by atoms with Gasteiger partial charge in [0, 0.05) is 25.9 Å². The molecule has 0 spiro atoms. The molecule has 1 aromatic rings. The van der Waals surface area contributed by atoms with E-state index in [0.29, 0.717) is 24.4 Å². The van der Waals surface area contributed by atoms with Crippen molar-refractivity contribution in [3.05, 3.63) is 29.3 Å². The third kappa shape index (κ3) is 3.90. The van der Waals surface area contributed by atoms with Crippen LogP contribution in [0.5, 0.6) is 0 Å². The smallest absolute Gasteiger partial charge is 0.383 e. The van der Waals surface area contributed by atoms with Crippen LogP contribution in [0.2, 0.25) is 0 Å². The van der Waals surface area contributed by atoms with Crippen molar-refractivity contribution in [3.8, 4) is 0 Å². The number of anilines is 1. The van der Waals surface area contributed by atoms with Gasteiger partial charge < -0.3 is 15.8 Å². The quantitative estimate of drug-likeness (QED) is 0.785. The standard InChI is InChI=1S/C11H15F3N2O/c1-17-5-4-16-10-3-2-9(11(12,13)14)6-8(10)7-15/h2-3,6,16H,4-5,7,15H2,1H3. The molecule has 0 atom stereocenters. The first-order chi connectivity index (χ1) is 7.99. The number of rotatable bonds is 5. The van der Waals surface area contributed by atoms with E-state index in [4.69, 9.17) is 10.5 Å². The molecular weight excluding hydrogens is 233 g/mol. The van der Waals surface area contributed by atoms with E-state index in [1.54, 1.807) is 7.11 Å². The van der Waals surface area contributed by atoms with Crippen molar-refractivity contribution in [3.63, 3.8) is 0 Å². The average molecular weight is 248 g/mol. The SMILES string of the molecule is COCCNc1ccc(C(F)(F)F)cc1CN. The van der Waals surface area contributed by atoms with Crippen molar-refractivity contribution in [1.82, 2.24) is 0 Å². The Balaban J connectivity index is 2.86. The molecule has 3 nitrogen and oxygen atoms in total. The minimum atomic E-state index is -4.34. The molecule has 0 fully saturated rings. The van der Waals surface area contributed by atoms with Gasteiger partial charge in [-0.3, -0.25) is 0 Å². The first-order valence-electron chi connectivity index (χ1n) is 5.12. The van der Waals surface area contributed by atoms with Crippen LogP contribution < -0.4 is 11.1 Å². The molecule has 0 heterocycles. The molecule has 0 aliphatic heterocycles. The van der Waals surface area contributed by atoms with Gasteiger partial charge in [0.25, 0.3) is 0 Å². The summed E-state index contributed by atoms with van der Waals surface area (Å²) in [6, 6.07) is 3.49. The number of ether oxygens (including phenoxy) is 1. The topological polar surface area (TPSA) is 47.3 Å². The fourth-order valence-electron chi connectivity index (χ4n) is 1.40. The van der Waals surface area contributed by atoms with E-state index in [-0.39, 0.29) is 6.54 Å². The lowest BCUT2D eigenvalue weighted by molar-refractivity contribution is -0.137. The Hall–Kier alpha value is -1.27. The molecule has 96 valence electrons. The van der Waals surface area contributed by atoms with Crippen molar-refractivity contribution < 1.29 is 17.9 Å². The third-order valence-corrected chi connectivity index (χ3v) is 2.27. The zero-order valence-corrected chi connectivity index (χ0v) is 9.47. The van der Waals surface area contributed by atoms with Gasteiger partial charge >= 0.3 is 6.18 Å². The Morgan fingerprint density at radius 1 is 1.35 bits per heavy atom. The van der Waals surface area contributed by atoms with E-state index in [1.807, 2.05) is 0 Å². The maximum absolute atomic E-state index is 12.5. The van der Waals surface area contributed by atoms with Gasteiger partial charge in [-0.15, -0.1) is 0 Å². The Kier molecular flexibility index (Phi) is 4.77. The Labute approximate surface area is 97.8 Å². The van der Waals surface area contributed by atoms with Crippen LogP contribution in [0.4, 0.5) is 18.9 Å². The summed E-state index contributed by atoms with van der Waals surface area (Å²) in [5.41, 5.74) is 5.79. The number of nitrogens with two attached hydrogens (primary N) is 1. The summed E-state index contributed by atoms with van der Waals surface area (Å²) in [4.78, 5) is 0. The van der Waals surface area contributed by atoms with E-state index in [2.05, 4.69) is 5.32 Å². The number of nitrogens with one attached hydrogen (secondary N) is 1. The summed E-state index contributed by atoms with van der Waals surface area (Å²) in [5, 5.41) is 2.97. The largest absolute Gasteiger partial charge is 0.416 e. The summed E-state index contributed by atoms with van der Waals surface area (Å²) >= 11 is 0. The van der Waals surface area contributed by atoms with Crippen LogP contribution in [0, 0.1) is 0 Å². The molecule has 17 heavy (non-hydrogen) atoms. The second kappa shape index (κ2) is 5.88. The van der Waals surface area contributed by atoms with Gasteiger partial charge in [-0.25, -0.2) is 0 Å². The fraction of sp³-hybridized carbons (Fsp3) is 0.455. The average Bonchev–Trinajstić information content (AvgIpc) is 2.28. The van der Waals surface area contributed by atoms with Crippen LogP contribution >= 0.6 is 0 Å². The van der Waals surface area contributed by atoms with Gasteiger partial charge in [-0.1, -0.05) is 0 Å². The Morgan fingerprint density at radius 2 is 2.06 bits per heavy atom. The first-order valence-corrected chi connectivity index (χ1v) is 5.12. The highest BCUT2D eigenvalue weighted by molar-refractivity contribution is 5.53.